The molecule has 0 radical (unpaired) electrons. The van der Waals surface area contributed by atoms with Crippen molar-refractivity contribution >= 4 is 0 Å². The lowest BCUT2D eigenvalue weighted by molar-refractivity contribution is 0.141. The van der Waals surface area contributed by atoms with Crippen molar-refractivity contribution in [2.45, 2.75) is 59.2 Å². The molecule has 0 aromatic heterocycles. The Morgan fingerprint density at radius 3 is 1.36 bits per heavy atom. The van der Waals surface area contributed by atoms with Crippen molar-refractivity contribution in [2.24, 2.45) is 10.2 Å². The van der Waals surface area contributed by atoms with E-state index in [4.69, 9.17) is 10.4 Å². The number of rotatable bonds is 2. The SMILES string of the molecule is CC(C)(O)C#N.CC(C)N=NC(C)C. The van der Waals surface area contributed by atoms with E-state index < -0.39 is 5.60 Å². The predicted molar refractivity (Wildman–Crippen MR) is 57.0 cm³/mol. The fraction of sp³-hybridized carbons (Fsp3) is 0.900. The summed E-state index contributed by atoms with van der Waals surface area (Å²) in [5.41, 5.74) is -1.15. The van der Waals surface area contributed by atoms with Gasteiger partial charge in [0, 0.05) is 0 Å². The van der Waals surface area contributed by atoms with Gasteiger partial charge in [-0.05, 0) is 41.5 Å². The number of hydrogen-bond acceptors (Lipinski definition) is 4. The summed E-state index contributed by atoms with van der Waals surface area (Å²) in [5.74, 6) is 0. The number of aliphatic hydroxyl groups is 1. The van der Waals surface area contributed by atoms with Crippen molar-refractivity contribution in [3.05, 3.63) is 0 Å². The molecule has 0 aliphatic heterocycles. The van der Waals surface area contributed by atoms with E-state index in [0.717, 1.165) is 0 Å². The van der Waals surface area contributed by atoms with Gasteiger partial charge < -0.3 is 5.11 Å². The van der Waals surface area contributed by atoms with Gasteiger partial charge in [0.05, 0.1) is 18.2 Å². The van der Waals surface area contributed by atoms with Gasteiger partial charge in [0.1, 0.15) is 5.60 Å². The van der Waals surface area contributed by atoms with Crippen LogP contribution in [0, 0.1) is 11.3 Å². The highest BCUT2D eigenvalue weighted by Gasteiger charge is 2.07. The maximum absolute atomic E-state index is 8.47. The molecule has 82 valence electrons. The van der Waals surface area contributed by atoms with Gasteiger partial charge in [0.25, 0.3) is 0 Å². The Morgan fingerprint density at radius 1 is 1.07 bits per heavy atom. The highest BCUT2D eigenvalue weighted by Crippen LogP contribution is 1.94. The molecule has 0 aliphatic carbocycles. The smallest absolute Gasteiger partial charge is 0.145 e. The highest BCUT2D eigenvalue weighted by molar-refractivity contribution is 4.91. The van der Waals surface area contributed by atoms with Crippen molar-refractivity contribution in [1.82, 2.24) is 0 Å². The summed E-state index contributed by atoms with van der Waals surface area (Å²) in [6, 6.07) is 2.35. The molecular formula is C10H21N3O. The Balaban J connectivity index is 0. The van der Waals surface area contributed by atoms with E-state index in [-0.39, 0.29) is 0 Å². The second kappa shape index (κ2) is 7.45. The Morgan fingerprint density at radius 2 is 1.29 bits per heavy atom. The summed E-state index contributed by atoms with van der Waals surface area (Å²) in [6.07, 6.45) is 0. The number of nitrogens with zero attached hydrogens (tertiary/aromatic N) is 3. The van der Waals surface area contributed by atoms with Crippen LogP contribution in [-0.2, 0) is 0 Å². The van der Waals surface area contributed by atoms with Gasteiger partial charge in [-0.25, -0.2) is 0 Å². The van der Waals surface area contributed by atoms with Crippen LogP contribution >= 0.6 is 0 Å². The third-order valence-electron chi connectivity index (χ3n) is 0.802. The zero-order valence-corrected chi connectivity index (χ0v) is 9.94. The van der Waals surface area contributed by atoms with Gasteiger partial charge >= 0.3 is 0 Å². The van der Waals surface area contributed by atoms with Crippen LogP contribution in [0.1, 0.15) is 41.5 Å². The van der Waals surface area contributed by atoms with E-state index in [1.165, 1.54) is 13.8 Å². The van der Waals surface area contributed by atoms with Crippen molar-refractivity contribution in [2.75, 3.05) is 0 Å². The molecule has 14 heavy (non-hydrogen) atoms. The van der Waals surface area contributed by atoms with Crippen LogP contribution in [0.25, 0.3) is 0 Å². The van der Waals surface area contributed by atoms with Crippen LogP contribution in [0.4, 0.5) is 0 Å². The summed E-state index contributed by atoms with van der Waals surface area (Å²) in [6.45, 7) is 11.0. The second-order valence-electron chi connectivity index (χ2n) is 4.09. The quantitative estimate of drug-likeness (QED) is 0.548. The van der Waals surface area contributed by atoms with E-state index in [1.807, 2.05) is 27.7 Å². The van der Waals surface area contributed by atoms with Gasteiger partial charge in [-0.3, -0.25) is 0 Å². The molecule has 0 spiro atoms. The lowest BCUT2D eigenvalue weighted by Gasteiger charge is -2.00. The van der Waals surface area contributed by atoms with Gasteiger partial charge in [0.2, 0.25) is 0 Å². The summed E-state index contributed by atoms with van der Waals surface area (Å²) in [7, 11) is 0. The molecule has 4 heteroatoms. The van der Waals surface area contributed by atoms with Crippen molar-refractivity contribution in [3.8, 4) is 6.07 Å². The first kappa shape index (κ1) is 15.5. The first-order valence-corrected chi connectivity index (χ1v) is 4.72. The van der Waals surface area contributed by atoms with Crippen LogP contribution in [0.3, 0.4) is 0 Å². The standard InChI is InChI=1S/C6H14N2.C4H7NO/c1-5(2)7-8-6(3)4;1-4(2,6)3-5/h5-6H,1-4H3;6H,1-2H3. The Hall–Kier alpha value is -0.950. The number of nitriles is 1. The molecule has 1 N–H and O–H groups in total. The average Bonchev–Trinajstić information content (AvgIpc) is 2.01. The molecule has 0 heterocycles. The van der Waals surface area contributed by atoms with Gasteiger partial charge in [0.15, 0.2) is 0 Å². The van der Waals surface area contributed by atoms with Gasteiger partial charge in [-0.15, -0.1) is 0 Å². The van der Waals surface area contributed by atoms with Gasteiger partial charge in [-0.1, -0.05) is 0 Å². The fourth-order valence-electron chi connectivity index (χ4n) is 0.267. The molecule has 0 amide bonds. The highest BCUT2D eigenvalue weighted by atomic mass is 16.3. The van der Waals surface area contributed by atoms with Crippen LogP contribution in [-0.4, -0.2) is 22.8 Å². The lowest BCUT2D eigenvalue weighted by atomic mass is 10.2. The predicted octanol–water partition coefficient (Wildman–Crippen LogP) is 2.54. The van der Waals surface area contributed by atoms with Crippen LogP contribution in [0.5, 0.6) is 0 Å². The summed E-state index contributed by atoms with van der Waals surface area (Å²) in [4.78, 5) is 0. The molecule has 0 atom stereocenters. The molecular weight excluding hydrogens is 178 g/mol. The van der Waals surface area contributed by atoms with E-state index in [2.05, 4.69) is 10.2 Å². The maximum Gasteiger partial charge on any atom is 0.145 e. The molecule has 0 unspecified atom stereocenters. The fourth-order valence-corrected chi connectivity index (χ4v) is 0.267. The lowest BCUT2D eigenvalue weighted by Crippen LogP contribution is -2.13. The molecule has 0 aromatic carbocycles. The summed E-state index contributed by atoms with van der Waals surface area (Å²) in [5, 5.41) is 24.3. The second-order valence-corrected chi connectivity index (χ2v) is 4.09. The number of hydrogen-bond donors (Lipinski definition) is 1. The molecule has 0 saturated carbocycles. The molecule has 0 aliphatic rings. The van der Waals surface area contributed by atoms with E-state index in [0.29, 0.717) is 12.1 Å². The molecule has 0 rings (SSSR count). The van der Waals surface area contributed by atoms with Crippen LogP contribution in [0.2, 0.25) is 0 Å². The molecule has 0 aromatic rings. The minimum Gasteiger partial charge on any atom is -0.376 e. The third kappa shape index (κ3) is 22.5. The Labute approximate surface area is 86.7 Å². The first-order valence-electron chi connectivity index (χ1n) is 4.72. The molecule has 0 saturated heterocycles. The van der Waals surface area contributed by atoms with Crippen LogP contribution in [0.15, 0.2) is 10.2 Å². The van der Waals surface area contributed by atoms with Crippen molar-refractivity contribution in [1.29, 1.82) is 5.26 Å². The number of azo groups is 1. The molecule has 0 fully saturated rings. The Kier molecular flexibility index (Phi) is 8.26. The van der Waals surface area contributed by atoms with Gasteiger partial charge in [-0.2, -0.15) is 15.5 Å². The van der Waals surface area contributed by atoms with Crippen LogP contribution < -0.4 is 0 Å². The van der Waals surface area contributed by atoms with E-state index in [9.17, 15) is 0 Å². The zero-order chi connectivity index (χ0) is 11.8. The monoisotopic (exact) mass is 199 g/mol. The molecule has 4 nitrogen and oxygen atoms in total. The topological polar surface area (TPSA) is 68.7 Å². The first-order chi connectivity index (χ1) is 6.19. The zero-order valence-electron chi connectivity index (χ0n) is 9.94. The van der Waals surface area contributed by atoms with E-state index >= 15 is 0 Å². The minimum absolute atomic E-state index is 0.345. The third-order valence-corrected chi connectivity index (χ3v) is 0.802. The minimum atomic E-state index is -1.15. The largest absolute Gasteiger partial charge is 0.376 e. The van der Waals surface area contributed by atoms with Crippen molar-refractivity contribution < 1.29 is 5.11 Å². The normalized spacial score (nSPS) is 11.4. The Bertz CT molecular complexity index is 186. The summed E-state index contributed by atoms with van der Waals surface area (Å²) < 4.78 is 0. The van der Waals surface area contributed by atoms with E-state index in [1.54, 1.807) is 6.07 Å². The average molecular weight is 199 g/mol. The summed E-state index contributed by atoms with van der Waals surface area (Å²) >= 11 is 0. The maximum atomic E-state index is 8.47. The van der Waals surface area contributed by atoms with Crippen molar-refractivity contribution in [3.63, 3.8) is 0 Å². The molecule has 0 bridgehead atoms.